The third-order valence-corrected chi connectivity index (χ3v) is 10.6. The smallest absolute Gasteiger partial charge is 0.305 e. The lowest BCUT2D eigenvalue weighted by Gasteiger charge is -2.20. The lowest BCUT2D eigenvalue weighted by molar-refractivity contribution is -0.143. The number of allylic oxidation sites excluding steroid dienone is 1. The molecule has 0 aliphatic carbocycles. The van der Waals surface area contributed by atoms with Gasteiger partial charge >= 0.3 is 5.97 Å². The second-order valence-corrected chi connectivity index (χ2v) is 15.7. The zero-order valence-corrected chi connectivity index (χ0v) is 34.8. The van der Waals surface area contributed by atoms with E-state index >= 15 is 0 Å². The fourth-order valence-corrected chi connectivity index (χ4v) is 6.98. The first kappa shape index (κ1) is 50.6. The minimum atomic E-state index is -0.849. The molecule has 0 rings (SSSR count). The normalized spacial score (nSPS) is 12.8. The average Bonchev–Trinajstić information content (AvgIpc) is 3.14. The summed E-state index contributed by atoms with van der Waals surface area (Å²) in [6, 6.07) is -0.634. The van der Waals surface area contributed by atoms with Crippen LogP contribution in [0.15, 0.2) is 12.2 Å². The maximum atomic E-state index is 12.4. The number of rotatable bonds is 42. The number of aliphatic hydroxyl groups is 2. The molecule has 0 heterocycles. The Morgan fingerprint density at radius 1 is 0.519 bits per heavy atom. The van der Waals surface area contributed by atoms with Crippen LogP contribution < -0.4 is 5.32 Å². The molecule has 0 saturated carbocycles. The van der Waals surface area contributed by atoms with Crippen LogP contribution in [0.25, 0.3) is 0 Å². The molecule has 0 aromatic carbocycles. The summed E-state index contributed by atoms with van der Waals surface area (Å²) in [4.78, 5) is 24.3. The molecule has 52 heavy (non-hydrogen) atoms. The summed E-state index contributed by atoms with van der Waals surface area (Å²) in [5.41, 5.74) is 0. The van der Waals surface area contributed by atoms with E-state index in [4.69, 9.17) is 4.74 Å². The molecule has 0 aromatic rings. The molecule has 0 spiro atoms. The highest BCUT2D eigenvalue weighted by Gasteiger charge is 2.18. The van der Waals surface area contributed by atoms with Gasteiger partial charge in [-0.05, 0) is 32.1 Å². The van der Waals surface area contributed by atoms with Gasteiger partial charge in [-0.25, -0.2) is 0 Å². The first-order chi connectivity index (χ1) is 25.5. The standard InChI is InChI=1S/C46H89NO5/c1-3-5-7-9-11-13-18-22-26-30-34-38-44(49)43(42-48)47-45(50)39-35-31-27-23-20-16-15-17-21-25-29-33-37-41-52-46(51)40-36-32-28-24-19-14-12-10-8-6-4-2/h34,38,43-44,48-49H,3-33,35-37,39-42H2,1-2H3,(H,47,50)/b38-34+. The van der Waals surface area contributed by atoms with Crippen LogP contribution in [0.4, 0.5) is 0 Å². The number of ether oxygens (including phenoxy) is 1. The van der Waals surface area contributed by atoms with E-state index in [0.29, 0.717) is 19.4 Å². The summed E-state index contributed by atoms with van der Waals surface area (Å²) in [5.74, 6) is -0.0899. The first-order valence-corrected chi connectivity index (χ1v) is 23.0. The van der Waals surface area contributed by atoms with Gasteiger partial charge in [-0.1, -0.05) is 212 Å². The highest BCUT2D eigenvalue weighted by molar-refractivity contribution is 5.76. The number of carbonyl (C=O) groups excluding carboxylic acids is 2. The summed E-state index contributed by atoms with van der Waals surface area (Å²) in [6.07, 6.45) is 46.2. The van der Waals surface area contributed by atoms with Gasteiger partial charge in [0.05, 0.1) is 25.4 Å². The minimum absolute atomic E-state index is 0.00776. The number of esters is 1. The van der Waals surface area contributed by atoms with E-state index in [1.165, 1.54) is 161 Å². The topological polar surface area (TPSA) is 95.9 Å². The molecule has 308 valence electrons. The van der Waals surface area contributed by atoms with Gasteiger partial charge in [-0.3, -0.25) is 9.59 Å². The molecule has 0 aliphatic heterocycles. The van der Waals surface area contributed by atoms with Gasteiger partial charge in [0.15, 0.2) is 0 Å². The van der Waals surface area contributed by atoms with Crippen molar-refractivity contribution in [3.63, 3.8) is 0 Å². The van der Waals surface area contributed by atoms with Crippen molar-refractivity contribution in [2.75, 3.05) is 13.2 Å². The number of carbonyl (C=O) groups is 2. The molecular weight excluding hydrogens is 647 g/mol. The third-order valence-electron chi connectivity index (χ3n) is 10.6. The fraction of sp³-hybridized carbons (Fsp3) is 0.913. The lowest BCUT2D eigenvalue weighted by Crippen LogP contribution is -2.45. The van der Waals surface area contributed by atoms with E-state index in [-0.39, 0.29) is 18.5 Å². The van der Waals surface area contributed by atoms with Crippen molar-refractivity contribution < 1.29 is 24.5 Å². The Kier molecular flexibility index (Phi) is 41.2. The quantitative estimate of drug-likeness (QED) is 0.0329. The first-order valence-electron chi connectivity index (χ1n) is 23.0. The molecule has 0 bridgehead atoms. The molecule has 6 heteroatoms. The van der Waals surface area contributed by atoms with Gasteiger partial charge in [-0.15, -0.1) is 0 Å². The van der Waals surface area contributed by atoms with Crippen LogP contribution in [-0.4, -0.2) is 47.4 Å². The van der Waals surface area contributed by atoms with E-state index in [0.717, 1.165) is 57.8 Å². The van der Waals surface area contributed by atoms with Crippen LogP contribution in [-0.2, 0) is 14.3 Å². The highest BCUT2D eigenvalue weighted by atomic mass is 16.5. The molecule has 0 fully saturated rings. The SMILES string of the molecule is CCCCCCCCCCC/C=C/C(O)C(CO)NC(=O)CCCCCCCCCCCCCCCOC(=O)CCCCCCCCCCCCC. The van der Waals surface area contributed by atoms with E-state index < -0.39 is 12.1 Å². The largest absolute Gasteiger partial charge is 0.466 e. The van der Waals surface area contributed by atoms with Gasteiger partial charge in [0.25, 0.3) is 0 Å². The number of hydrogen-bond acceptors (Lipinski definition) is 5. The molecule has 0 aromatic heterocycles. The molecule has 0 saturated heterocycles. The van der Waals surface area contributed by atoms with Crippen LogP contribution in [0.3, 0.4) is 0 Å². The Bertz CT molecular complexity index is 772. The summed E-state index contributed by atoms with van der Waals surface area (Å²) in [7, 11) is 0. The van der Waals surface area contributed by atoms with Crippen molar-refractivity contribution in [3.05, 3.63) is 12.2 Å². The average molecular weight is 736 g/mol. The lowest BCUT2D eigenvalue weighted by atomic mass is 10.0. The molecule has 6 nitrogen and oxygen atoms in total. The molecule has 2 unspecified atom stereocenters. The summed E-state index contributed by atoms with van der Waals surface area (Å²) in [5, 5.41) is 22.9. The summed E-state index contributed by atoms with van der Waals surface area (Å²) >= 11 is 0. The van der Waals surface area contributed by atoms with Gasteiger partial charge in [0.1, 0.15) is 0 Å². The molecule has 3 N–H and O–H groups in total. The van der Waals surface area contributed by atoms with Gasteiger partial charge in [0, 0.05) is 12.8 Å². The van der Waals surface area contributed by atoms with E-state index in [2.05, 4.69) is 19.2 Å². The van der Waals surface area contributed by atoms with Crippen molar-refractivity contribution in [2.24, 2.45) is 0 Å². The monoisotopic (exact) mass is 736 g/mol. The van der Waals surface area contributed by atoms with E-state index in [1.807, 2.05) is 6.08 Å². The zero-order valence-electron chi connectivity index (χ0n) is 34.8. The van der Waals surface area contributed by atoms with Gasteiger partial charge in [0.2, 0.25) is 5.91 Å². The number of aliphatic hydroxyl groups excluding tert-OH is 2. The van der Waals surface area contributed by atoms with Crippen LogP contribution in [0.1, 0.15) is 245 Å². The number of amides is 1. The second-order valence-electron chi connectivity index (χ2n) is 15.7. The third kappa shape index (κ3) is 38.3. The van der Waals surface area contributed by atoms with Crippen molar-refractivity contribution in [3.8, 4) is 0 Å². The fourth-order valence-electron chi connectivity index (χ4n) is 6.98. The van der Waals surface area contributed by atoms with Gasteiger partial charge in [-0.2, -0.15) is 0 Å². The summed E-state index contributed by atoms with van der Waals surface area (Å²) in [6.45, 7) is 4.85. The van der Waals surface area contributed by atoms with E-state index in [9.17, 15) is 19.8 Å². The molecule has 2 atom stereocenters. The number of hydrogen-bond donors (Lipinski definition) is 3. The van der Waals surface area contributed by atoms with Crippen molar-refractivity contribution in [1.82, 2.24) is 5.32 Å². The predicted octanol–water partition coefficient (Wildman–Crippen LogP) is 13.0. The minimum Gasteiger partial charge on any atom is -0.466 e. The maximum absolute atomic E-state index is 12.4. The zero-order chi connectivity index (χ0) is 38.0. The maximum Gasteiger partial charge on any atom is 0.305 e. The van der Waals surface area contributed by atoms with Crippen LogP contribution in [0.5, 0.6) is 0 Å². The molecule has 1 amide bonds. The molecule has 0 aliphatic rings. The Balaban J connectivity index is 3.48. The Morgan fingerprint density at radius 2 is 0.885 bits per heavy atom. The Hall–Kier alpha value is -1.40. The van der Waals surface area contributed by atoms with Crippen LogP contribution in [0, 0.1) is 0 Å². The molecular formula is C46H89NO5. The van der Waals surface area contributed by atoms with Crippen molar-refractivity contribution in [1.29, 1.82) is 0 Å². The number of unbranched alkanes of at least 4 members (excludes halogenated alkanes) is 31. The van der Waals surface area contributed by atoms with Crippen molar-refractivity contribution in [2.45, 2.75) is 257 Å². The summed E-state index contributed by atoms with van der Waals surface area (Å²) < 4.78 is 5.44. The number of nitrogens with one attached hydrogen (secondary N) is 1. The second kappa shape index (κ2) is 42.3. The Labute approximate surface area is 323 Å². The van der Waals surface area contributed by atoms with Crippen LogP contribution >= 0.6 is 0 Å². The van der Waals surface area contributed by atoms with Crippen LogP contribution in [0.2, 0.25) is 0 Å². The molecule has 0 radical (unpaired) electrons. The Morgan fingerprint density at radius 3 is 1.31 bits per heavy atom. The van der Waals surface area contributed by atoms with Crippen molar-refractivity contribution >= 4 is 11.9 Å². The predicted molar refractivity (Wildman–Crippen MR) is 223 cm³/mol. The highest BCUT2D eigenvalue weighted by Crippen LogP contribution is 2.15. The van der Waals surface area contributed by atoms with E-state index in [1.54, 1.807) is 6.08 Å². The van der Waals surface area contributed by atoms with Gasteiger partial charge < -0.3 is 20.3 Å².